The van der Waals surface area contributed by atoms with E-state index in [1.807, 2.05) is 54.0 Å². The van der Waals surface area contributed by atoms with Crippen molar-refractivity contribution in [2.24, 2.45) is 4.99 Å². The van der Waals surface area contributed by atoms with E-state index < -0.39 is 6.04 Å². The van der Waals surface area contributed by atoms with Gasteiger partial charge in [-0.1, -0.05) is 30.3 Å². The van der Waals surface area contributed by atoms with Gasteiger partial charge in [0.15, 0.2) is 5.82 Å². The molecule has 0 unspecified atom stereocenters. The maximum atomic E-state index is 12.5. The number of ether oxygens (including phenoxy) is 2. The van der Waals surface area contributed by atoms with Crippen LogP contribution in [0.4, 0.5) is 5.69 Å². The molecule has 0 radical (unpaired) electrons. The van der Waals surface area contributed by atoms with Gasteiger partial charge in [0.05, 0.1) is 18.7 Å². The topological polar surface area (TPSA) is 90.6 Å². The van der Waals surface area contributed by atoms with E-state index in [0.717, 1.165) is 39.1 Å². The zero-order chi connectivity index (χ0) is 26.6. The Balaban J connectivity index is 1.43. The van der Waals surface area contributed by atoms with Crippen LogP contribution in [-0.4, -0.2) is 46.2 Å². The van der Waals surface area contributed by atoms with Crippen LogP contribution in [0.25, 0.3) is 5.00 Å². The lowest BCUT2D eigenvalue weighted by atomic mass is 9.99. The summed E-state index contributed by atoms with van der Waals surface area (Å²) in [5.41, 5.74) is 5.04. The maximum Gasteiger partial charge on any atom is 0.308 e. The summed E-state index contributed by atoms with van der Waals surface area (Å²) in [6.45, 7) is 9.53. The number of rotatable bonds is 9. The number of hydrogen-bond donors (Lipinski definition) is 1. The van der Waals surface area contributed by atoms with Crippen molar-refractivity contribution in [3.8, 4) is 10.8 Å². The van der Waals surface area contributed by atoms with Crippen LogP contribution in [0.15, 0.2) is 59.6 Å². The number of nitrogens with zero attached hydrogens (tertiary/aromatic N) is 4. The Morgan fingerprint density at radius 1 is 1.05 bits per heavy atom. The molecule has 0 spiro atoms. The molecule has 2 aromatic carbocycles. The van der Waals surface area contributed by atoms with Crippen LogP contribution >= 0.6 is 11.3 Å². The highest BCUT2D eigenvalue weighted by atomic mass is 32.1. The normalized spacial score (nSPS) is 14.2. The van der Waals surface area contributed by atoms with Crippen LogP contribution in [0.2, 0.25) is 0 Å². The highest BCUT2D eigenvalue weighted by Crippen LogP contribution is 2.39. The minimum absolute atomic E-state index is 0.101. The Morgan fingerprint density at radius 3 is 2.55 bits per heavy atom. The number of aliphatic imine (C=N–C) groups is 1. The predicted octanol–water partition coefficient (Wildman–Crippen LogP) is 5.59. The van der Waals surface area contributed by atoms with Crippen LogP contribution in [0.1, 0.15) is 52.6 Å². The number of aryl methyl sites for hydroxylation is 2. The summed E-state index contributed by atoms with van der Waals surface area (Å²) in [7, 11) is 0. The number of thiophene rings is 1. The first kappa shape index (κ1) is 25.7. The Labute approximate surface area is 226 Å². The van der Waals surface area contributed by atoms with Crippen molar-refractivity contribution < 1.29 is 14.3 Å². The van der Waals surface area contributed by atoms with Crippen molar-refractivity contribution in [1.82, 2.24) is 14.8 Å². The third kappa shape index (κ3) is 5.19. The number of fused-ring (bicyclic) bond motifs is 3. The third-order valence-electron chi connectivity index (χ3n) is 6.51. The minimum atomic E-state index is -0.502. The summed E-state index contributed by atoms with van der Waals surface area (Å²) in [4.78, 5) is 18.9. The lowest BCUT2D eigenvalue weighted by Gasteiger charge is -2.13. The van der Waals surface area contributed by atoms with Gasteiger partial charge in [-0.3, -0.25) is 14.4 Å². The number of esters is 1. The predicted molar refractivity (Wildman–Crippen MR) is 150 cm³/mol. The molecule has 4 aromatic rings. The molecule has 0 saturated heterocycles. The molecule has 5 rings (SSSR count). The number of nitrogens with one attached hydrogen (secondary N) is 1. The van der Waals surface area contributed by atoms with Crippen molar-refractivity contribution in [3.63, 3.8) is 0 Å². The number of carbonyl (C=O) groups is 1. The Kier molecular flexibility index (Phi) is 7.55. The zero-order valence-electron chi connectivity index (χ0n) is 22.0. The largest absolute Gasteiger partial charge is 0.492 e. The smallest absolute Gasteiger partial charge is 0.308 e. The van der Waals surface area contributed by atoms with Gasteiger partial charge in [-0.15, -0.1) is 21.5 Å². The molecule has 0 amide bonds. The first-order valence-electron chi connectivity index (χ1n) is 12.7. The molecule has 196 valence electrons. The summed E-state index contributed by atoms with van der Waals surface area (Å²) in [5, 5.41) is 13.2. The molecule has 9 heteroatoms. The number of hydrogen-bond acceptors (Lipinski definition) is 8. The Bertz CT molecular complexity index is 1460. The highest BCUT2D eigenvalue weighted by molar-refractivity contribution is 7.15. The van der Waals surface area contributed by atoms with Gasteiger partial charge in [-0.2, -0.15) is 0 Å². The van der Waals surface area contributed by atoms with Gasteiger partial charge >= 0.3 is 5.97 Å². The Hall–Kier alpha value is -3.98. The minimum Gasteiger partial charge on any atom is -0.492 e. The lowest BCUT2D eigenvalue weighted by molar-refractivity contribution is -0.143. The summed E-state index contributed by atoms with van der Waals surface area (Å²) >= 11 is 1.70. The van der Waals surface area contributed by atoms with E-state index in [1.165, 1.54) is 10.4 Å². The van der Waals surface area contributed by atoms with E-state index in [2.05, 4.69) is 41.5 Å². The third-order valence-corrected chi connectivity index (χ3v) is 7.70. The summed E-state index contributed by atoms with van der Waals surface area (Å²) < 4.78 is 13.1. The van der Waals surface area contributed by atoms with E-state index in [4.69, 9.17) is 14.5 Å². The van der Waals surface area contributed by atoms with E-state index in [-0.39, 0.29) is 12.4 Å². The average Bonchev–Trinajstić information content (AvgIpc) is 3.40. The number of anilines is 1. The van der Waals surface area contributed by atoms with Crippen LogP contribution in [0.5, 0.6) is 5.75 Å². The number of aromatic nitrogens is 3. The van der Waals surface area contributed by atoms with Crippen LogP contribution in [-0.2, 0) is 9.53 Å². The van der Waals surface area contributed by atoms with Crippen molar-refractivity contribution >= 4 is 28.7 Å². The van der Waals surface area contributed by atoms with Gasteiger partial charge in [0.25, 0.3) is 0 Å². The fourth-order valence-corrected chi connectivity index (χ4v) is 5.74. The summed E-state index contributed by atoms with van der Waals surface area (Å²) in [6, 6.07) is 17.5. The SMILES string of the molecule is CCOC(=O)C[C@@H]1N=C(c2ccc(NCCOc3ccccc3)cc2)c2c(sc(C)c2C)-n2c(C)nnc21. The summed E-state index contributed by atoms with van der Waals surface area (Å²) in [5.74, 6) is 1.98. The first-order valence-corrected chi connectivity index (χ1v) is 13.6. The molecule has 2 aromatic heterocycles. The van der Waals surface area contributed by atoms with Crippen molar-refractivity contribution in [2.45, 2.75) is 40.2 Å². The fraction of sp³-hybridized carbons (Fsp3) is 0.310. The van der Waals surface area contributed by atoms with E-state index in [1.54, 1.807) is 18.3 Å². The molecule has 1 aliphatic rings. The molecular weight excluding hydrogens is 498 g/mol. The quantitative estimate of drug-likeness (QED) is 0.225. The highest BCUT2D eigenvalue weighted by Gasteiger charge is 2.32. The van der Waals surface area contributed by atoms with E-state index in [9.17, 15) is 4.79 Å². The second-order valence-corrected chi connectivity index (χ2v) is 10.3. The monoisotopic (exact) mass is 529 g/mol. The number of benzene rings is 2. The fourth-order valence-electron chi connectivity index (χ4n) is 4.53. The Morgan fingerprint density at radius 2 is 1.82 bits per heavy atom. The average molecular weight is 530 g/mol. The van der Waals surface area contributed by atoms with Crippen LogP contribution < -0.4 is 10.1 Å². The standard InChI is InChI=1S/C29H31N5O3S/c1-5-36-25(35)17-24-28-33-32-20(4)34(28)29-26(18(2)19(3)38-29)27(31-24)21-11-13-22(14-12-21)30-15-16-37-23-9-7-6-8-10-23/h6-14,24,30H,5,15-17H2,1-4H3/t24-/m0/s1. The van der Waals surface area contributed by atoms with Crippen molar-refractivity contribution in [2.75, 3.05) is 25.1 Å². The van der Waals surface area contributed by atoms with Crippen LogP contribution in [0.3, 0.4) is 0 Å². The molecule has 1 aliphatic heterocycles. The molecule has 38 heavy (non-hydrogen) atoms. The van der Waals surface area contributed by atoms with E-state index in [0.29, 0.717) is 25.6 Å². The van der Waals surface area contributed by atoms with Gasteiger partial charge in [0.1, 0.15) is 29.2 Å². The van der Waals surface area contributed by atoms with E-state index >= 15 is 0 Å². The number of carbonyl (C=O) groups excluding carboxylic acids is 1. The molecule has 3 heterocycles. The van der Waals surface area contributed by atoms with Crippen molar-refractivity contribution in [1.29, 1.82) is 0 Å². The maximum absolute atomic E-state index is 12.5. The zero-order valence-corrected chi connectivity index (χ0v) is 22.8. The molecule has 0 fully saturated rings. The summed E-state index contributed by atoms with van der Waals surface area (Å²) in [6.07, 6.45) is 0.101. The van der Waals surface area contributed by atoms with Crippen molar-refractivity contribution in [3.05, 3.63) is 87.8 Å². The van der Waals surface area contributed by atoms with Crippen LogP contribution in [0, 0.1) is 20.8 Å². The molecular formula is C29H31N5O3S. The number of para-hydroxylation sites is 1. The van der Waals surface area contributed by atoms with Gasteiger partial charge in [-0.25, -0.2) is 0 Å². The van der Waals surface area contributed by atoms with Gasteiger partial charge in [0, 0.05) is 28.2 Å². The van der Waals surface area contributed by atoms with Gasteiger partial charge in [-0.05, 0) is 57.5 Å². The van der Waals surface area contributed by atoms with Gasteiger partial charge in [0.2, 0.25) is 0 Å². The molecule has 0 bridgehead atoms. The second kappa shape index (κ2) is 11.2. The molecule has 1 atom stereocenters. The molecule has 0 saturated carbocycles. The molecule has 1 N–H and O–H groups in total. The first-order chi connectivity index (χ1) is 18.5. The molecule has 8 nitrogen and oxygen atoms in total. The lowest BCUT2D eigenvalue weighted by Crippen LogP contribution is -2.13. The molecule has 0 aliphatic carbocycles. The second-order valence-electron chi connectivity index (χ2n) is 9.07. The van der Waals surface area contributed by atoms with Gasteiger partial charge < -0.3 is 14.8 Å².